The van der Waals surface area contributed by atoms with Crippen molar-refractivity contribution in [3.8, 4) is 11.1 Å². The van der Waals surface area contributed by atoms with E-state index in [2.05, 4.69) is 0 Å². The van der Waals surface area contributed by atoms with Crippen LogP contribution in [0.25, 0.3) is 11.1 Å². The fraction of sp³-hybridized carbons (Fsp3) is 0. The molecule has 0 aliphatic carbocycles. The first-order valence-electron chi connectivity index (χ1n) is 7.26. The van der Waals surface area contributed by atoms with E-state index >= 15 is 0 Å². The number of hydrogen-bond donors (Lipinski definition) is 0. The summed E-state index contributed by atoms with van der Waals surface area (Å²) < 4.78 is 0. The summed E-state index contributed by atoms with van der Waals surface area (Å²) in [5.41, 5.74) is 1.94. The van der Waals surface area contributed by atoms with Crippen molar-refractivity contribution in [2.75, 3.05) is 0 Å². The van der Waals surface area contributed by atoms with Crippen LogP contribution in [-0.2, 0) is 0 Å². The van der Waals surface area contributed by atoms with Crippen LogP contribution in [-0.4, -0.2) is 11.6 Å². The van der Waals surface area contributed by atoms with Gasteiger partial charge in [0.2, 0.25) is 11.6 Å². The van der Waals surface area contributed by atoms with Gasteiger partial charge in [-0.3, -0.25) is 9.59 Å². The van der Waals surface area contributed by atoms with Gasteiger partial charge in [-0.15, -0.1) is 0 Å². The van der Waals surface area contributed by atoms with Crippen molar-refractivity contribution >= 4 is 34.8 Å². The number of hydrogen-bond acceptors (Lipinski definition) is 2. The molecule has 0 fully saturated rings. The molecule has 4 heteroatoms. The van der Waals surface area contributed by atoms with Crippen LogP contribution in [0, 0.1) is 0 Å². The molecule has 0 radical (unpaired) electrons. The SMILES string of the molecule is O=C(C(=O)c1ccccc1-c1ccc(Cl)cc1Cl)c1ccccc1. The van der Waals surface area contributed by atoms with Gasteiger partial charge in [0.25, 0.3) is 0 Å². The predicted octanol–water partition coefficient (Wildman–Crippen LogP) is 5.73. The number of carbonyl (C=O) groups excluding carboxylic acids is 2. The predicted molar refractivity (Wildman–Crippen MR) is 97.0 cm³/mol. The van der Waals surface area contributed by atoms with Gasteiger partial charge in [0.05, 0.1) is 0 Å². The molecule has 0 N–H and O–H groups in total. The summed E-state index contributed by atoms with van der Waals surface area (Å²) in [4.78, 5) is 25.2. The maximum Gasteiger partial charge on any atom is 0.234 e. The second-order valence-electron chi connectivity index (χ2n) is 5.19. The molecule has 0 atom stereocenters. The molecule has 0 spiro atoms. The quantitative estimate of drug-likeness (QED) is 0.443. The minimum absolute atomic E-state index is 0.315. The van der Waals surface area contributed by atoms with Gasteiger partial charge >= 0.3 is 0 Å². The highest BCUT2D eigenvalue weighted by Gasteiger charge is 2.22. The molecule has 3 aromatic carbocycles. The number of ketones is 2. The monoisotopic (exact) mass is 354 g/mol. The van der Waals surface area contributed by atoms with E-state index in [1.165, 1.54) is 0 Å². The van der Waals surface area contributed by atoms with Crippen molar-refractivity contribution < 1.29 is 9.59 Å². The Kier molecular flexibility index (Phi) is 4.79. The van der Waals surface area contributed by atoms with Gasteiger partial charge in [-0.2, -0.15) is 0 Å². The topological polar surface area (TPSA) is 34.1 Å². The van der Waals surface area contributed by atoms with Crippen LogP contribution in [0.4, 0.5) is 0 Å². The number of benzene rings is 3. The Balaban J connectivity index is 2.07. The Hall–Kier alpha value is -2.42. The Morgan fingerprint density at radius 1 is 0.667 bits per heavy atom. The average Bonchev–Trinajstić information content (AvgIpc) is 2.61. The van der Waals surface area contributed by atoms with Crippen molar-refractivity contribution in [3.05, 3.63) is 94.0 Å². The molecule has 3 rings (SSSR count). The molecule has 0 bridgehead atoms. The van der Waals surface area contributed by atoms with E-state index < -0.39 is 11.6 Å². The number of carbonyl (C=O) groups is 2. The Bertz CT molecular complexity index is 918. The van der Waals surface area contributed by atoms with Gasteiger partial charge in [0.1, 0.15) is 0 Å². The number of rotatable bonds is 4. The largest absolute Gasteiger partial charge is 0.285 e. The van der Waals surface area contributed by atoms with Crippen LogP contribution in [0.15, 0.2) is 72.8 Å². The van der Waals surface area contributed by atoms with Gasteiger partial charge in [-0.25, -0.2) is 0 Å². The van der Waals surface area contributed by atoms with E-state index in [4.69, 9.17) is 23.2 Å². The van der Waals surface area contributed by atoms with Crippen molar-refractivity contribution in [1.82, 2.24) is 0 Å². The molecular weight excluding hydrogens is 343 g/mol. The van der Waals surface area contributed by atoms with Crippen LogP contribution in [0.2, 0.25) is 10.0 Å². The van der Waals surface area contributed by atoms with E-state index in [9.17, 15) is 9.59 Å². The van der Waals surface area contributed by atoms with Crippen LogP contribution in [0.3, 0.4) is 0 Å². The zero-order valence-corrected chi connectivity index (χ0v) is 14.0. The molecule has 24 heavy (non-hydrogen) atoms. The third kappa shape index (κ3) is 3.25. The van der Waals surface area contributed by atoms with Crippen molar-refractivity contribution in [2.24, 2.45) is 0 Å². The highest BCUT2D eigenvalue weighted by molar-refractivity contribution is 6.50. The first-order chi connectivity index (χ1) is 11.6. The highest BCUT2D eigenvalue weighted by Crippen LogP contribution is 2.33. The summed E-state index contributed by atoms with van der Waals surface area (Å²) in [7, 11) is 0. The molecule has 0 amide bonds. The first-order valence-corrected chi connectivity index (χ1v) is 8.02. The summed E-state index contributed by atoms with van der Waals surface area (Å²) in [6, 6.07) is 20.4. The molecule has 0 saturated heterocycles. The molecular formula is C20H12Cl2O2. The number of halogens is 2. The molecule has 3 aromatic rings. The lowest BCUT2D eigenvalue weighted by molar-refractivity contribution is 0.0817. The zero-order chi connectivity index (χ0) is 17.1. The molecule has 0 unspecified atom stereocenters. The highest BCUT2D eigenvalue weighted by atomic mass is 35.5. The van der Waals surface area contributed by atoms with Gasteiger partial charge in [-0.1, -0.05) is 83.9 Å². The van der Waals surface area contributed by atoms with Crippen LogP contribution in [0.1, 0.15) is 20.7 Å². The second-order valence-corrected chi connectivity index (χ2v) is 6.04. The van der Waals surface area contributed by atoms with Crippen LogP contribution >= 0.6 is 23.2 Å². The molecule has 0 saturated carbocycles. The van der Waals surface area contributed by atoms with E-state index in [1.54, 1.807) is 72.8 Å². The van der Waals surface area contributed by atoms with Gasteiger partial charge in [-0.05, 0) is 17.7 Å². The molecule has 2 nitrogen and oxygen atoms in total. The standard InChI is InChI=1S/C20H12Cl2O2/c21-14-10-11-16(18(22)12-14)15-8-4-5-9-17(15)20(24)19(23)13-6-2-1-3-7-13/h1-12H. The maximum absolute atomic E-state index is 12.7. The fourth-order valence-corrected chi connectivity index (χ4v) is 2.98. The average molecular weight is 355 g/mol. The lowest BCUT2D eigenvalue weighted by Gasteiger charge is -2.10. The van der Waals surface area contributed by atoms with Gasteiger partial charge < -0.3 is 0 Å². The molecule has 118 valence electrons. The van der Waals surface area contributed by atoms with E-state index in [0.29, 0.717) is 32.3 Å². The Labute approximate surface area is 149 Å². The zero-order valence-electron chi connectivity index (χ0n) is 12.5. The summed E-state index contributed by atoms with van der Waals surface area (Å²) in [5, 5.41) is 0.933. The minimum atomic E-state index is -0.567. The van der Waals surface area contributed by atoms with Gasteiger partial charge in [0, 0.05) is 26.7 Å². The summed E-state index contributed by atoms with van der Waals surface area (Å²) in [6.07, 6.45) is 0. The molecule has 0 aliphatic heterocycles. The summed E-state index contributed by atoms with van der Waals surface area (Å²) in [5.74, 6) is -1.11. The molecule has 0 aromatic heterocycles. The second kappa shape index (κ2) is 7.00. The van der Waals surface area contributed by atoms with Crippen LogP contribution < -0.4 is 0 Å². The van der Waals surface area contributed by atoms with Gasteiger partial charge in [0.15, 0.2) is 0 Å². The third-order valence-electron chi connectivity index (χ3n) is 3.64. The minimum Gasteiger partial charge on any atom is -0.285 e. The molecule has 0 heterocycles. The summed E-state index contributed by atoms with van der Waals surface area (Å²) in [6.45, 7) is 0. The van der Waals surface area contributed by atoms with Crippen molar-refractivity contribution in [3.63, 3.8) is 0 Å². The maximum atomic E-state index is 12.7. The first kappa shape index (κ1) is 16.4. The van der Waals surface area contributed by atoms with E-state index in [-0.39, 0.29) is 0 Å². The van der Waals surface area contributed by atoms with Crippen molar-refractivity contribution in [2.45, 2.75) is 0 Å². The smallest absolute Gasteiger partial charge is 0.234 e. The lowest BCUT2D eigenvalue weighted by atomic mass is 9.93. The van der Waals surface area contributed by atoms with E-state index in [1.807, 2.05) is 0 Å². The Morgan fingerprint density at radius 3 is 2.04 bits per heavy atom. The summed E-state index contributed by atoms with van der Waals surface area (Å²) >= 11 is 12.2. The fourth-order valence-electron chi connectivity index (χ4n) is 2.47. The van der Waals surface area contributed by atoms with Crippen LogP contribution in [0.5, 0.6) is 0 Å². The lowest BCUT2D eigenvalue weighted by Crippen LogP contribution is -2.15. The molecule has 0 aliphatic rings. The number of Topliss-reactive ketones (excluding diaryl/α,β-unsaturated/α-hetero) is 2. The van der Waals surface area contributed by atoms with Crippen molar-refractivity contribution in [1.29, 1.82) is 0 Å². The van der Waals surface area contributed by atoms with E-state index in [0.717, 1.165) is 0 Å². The Morgan fingerprint density at radius 2 is 1.33 bits per heavy atom. The normalized spacial score (nSPS) is 10.4. The third-order valence-corrected chi connectivity index (χ3v) is 4.18.